The molecule has 2 N–H and O–H groups in total. The Kier molecular flexibility index (Phi) is 3.85. The highest BCUT2D eigenvalue weighted by atomic mass is 16.1. The Hall–Kier alpha value is -2.93. The van der Waals surface area contributed by atoms with Gasteiger partial charge in [0.05, 0.1) is 6.20 Å². The van der Waals surface area contributed by atoms with Crippen molar-refractivity contribution in [1.82, 2.24) is 19.5 Å². The van der Waals surface area contributed by atoms with Crippen LogP contribution < -0.4 is 10.6 Å². The number of nitrogens with two attached hydrogens (primary N) is 1. The van der Waals surface area contributed by atoms with E-state index in [0.717, 1.165) is 48.8 Å². The van der Waals surface area contributed by atoms with E-state index in [-0.39, 0.29) is 0 Å². The summed E-state index contributed by atoms with van der Waals surface area (Å²) in [7, 11) is 2.14. The van der Waals surface area contributed by atoms with Gasteiger partial charge in [0.2, 0.25) is 5.91 Å². The van der Waals surface area contributed by atoms with Crippen molar-refractivity contribution in [3.63, 3.8) is 0 Å². The molecule has 1 aromatic carbocycles. The maximum Gasteiger partial charge on any atom is 0.248 e. The summed E-state index contributed by atoms with van der Waals surface area (Å²) >= 11 is 0. The van der Waals surface area contributed by atoms with Gasteiger partial charge < -0.3 is 15.5 Å². The van der Waals surface area contributed by atoms with Gasteiger partial charge in [-0.15, -0.1) is 0 Å². The molecule has 0 aliphatic carbocycles. The molecule has 1 fully saturated rings. The van der Waals surface area contributed by atoms with E-state index >= 15 is 0 Å². The van der Waals surface area contributed by atoms with E-state index in [1.54, 1.807) is 18.3 Å². The number of rotatable bonds is 3. The summed E-state index contributed by atoms with van der Waals surface area (Å²) in [6.45, 7) is 3.97. The number of piperazine rings is 1. The highest BCUT2D eigenvalue weighted by molar-refractivity contribution is 5.94. The Morgan fingerprint density at radius 1 is 1.16 bits per heavy atom. The predicted molar refractivity (Wildman–Crippen MR) is 96.7 cm³/mol. The topological polar surface area (TPSA) is 79.8 Å². The molecule has 1 aliphatic rings. The van der Waals surface area contributed by atoms with Gasteiger partial charge in [0, 0.05) is 43.5 Å². The van der Waals surface area contributed by atoms with Crippen LogP contribution in [0.5, 0.6) is 0 Å². The molecule has 128 valence electrons. The molecule has 0 radical (unpaired) electrons. The molecule has 1 aliphatic heterocycles. The lowest BCUT2D eigenvalue weighted by molar-refractivity contribution is 0.100. The van der Waals surface area contributed by atoms with Crippen LogP contribution in [0.2, 0.25) is 0 Å². The third kappa shape index (κ3) is 2.83. The molecule has 4 rings (SSSR count). The van der Waals surface area contributed by atoms with Crippen LogP contribution in [0.25, 0.3) is 16.8 Å². The van der Waals surface area contributed by atoms with Crippen molar-refractivity contribution in [1.29, 1.82) is 0 Å². The van der Waals surface area contributed by atoms with Crippen molar-refractivity contribution >= 4 is 17.4 Å². The quantitative estimate of drug-likeness (QED) is 0.778. The van der Waals surface area contributed by atoms with Crippen LogP contribution in [0.3, 0.4) is 0 Å². The number of primary amides is 1. The summed E-state index contributed by atoms with van der Waals surface area (Å²) < 4.78 is 1.87. The van der Waals surface area contributed by atoms with Crippen LogP contribution in [-0.2, 0) is 0 Å². The van der Waals surface area contributed by atoms with Crippen LogP contribution in [0, 0.1) is 0 Å². The molecule has 7 heteroatoms. The Morgan fingerprint density at radius 2 is 1.96 bits per heavy atom. The summed E-state index contributed by atoms with van der Waals surface area (Å²) in [4.78, 5) is 20.6. The lowest BCUT2D eigenvalue weighted by Crippen LogP contribution is -2.45. The molecule has 0 unspecified atom stereocenters. The standard InChI is InChI=1S/C18H20N6O/c1-22-7-9-23(10-8-22)16-5-6-20-18-15(12-21-24(16)18)13-3-2-4-14(11-13)17(19)25/h2-6,11-12H,7-10H2,1H3,(H2,19,25). The molecular formula is C18H20N6O. The zero-order valence-corrected chi connectivity index (χ0v) is 14.1. The SMILES string of the molecule is CN1CCN(c2ccnc3c(-c4cccc(C(N)=O)c4)cnn23)CC1. The minimum Gasteiger partial charge on any atom is -0.366 e. The van der Waals surface area contributed by atoms with E-state index in [2.05, 4.69) is 26.9 Å². The molecule has 1 amide bonds. The smallest absolute Gasteiger partial charge is 0.248 e. The first-order chi connectivity index (χ1) is 12.1. The van der Waals surface area contributed by atoms with Gasteiger partial charge in [0.15, 0.2) is 5.65 Å². The summed E-state index contributed by atoms with van der Waals surface area (Å²) in [5, 5.41) is 4.55. The van der Waals surface area contributed by atoms with Crippen molar-refractivity contribution in [2.45, 2.75) is 0 Å². The van der Waals surface area contributed by atoms with E-state index in [4.69, 9.17) is 5.73 Å². The van der Waals surface area contributed by atoms with Crippen molar-refractivity contribution in [2.75, 3.05) is 38.1 Å². The fraction of sp³-hybridized carbons (Fsp3) is 0.278. The van der Waals surface area contributed by atoms with Gasteiger partial charge in [-0.2, -0.15) is 9.61 Å². The lowest BCUT2D eigenvalue weighted by Gasteiger charge is -2.33. The van der Waals surface area contributed by atoms with Gasteiger partial charge in [0.25, 0.3) is 0 Å². The fourth-order valence-corrected chi connectivity index (χ4v) is 3.20. The first-order valence-corrected chi connectivity index (χ1v) is 8.30. The molecule has 0 spiro atoms. The number of nitrogens with zero attached hydrogens (tertiary/aromatic N) is 5. The lowest BCUT2D eigenvalue weighted by atomic mass is 10.1. The number of likely N-dealkylation sites (N-methyl/N-ethyl adjacent to an activating group) is 1. The fourth-order valence-electron chi connectivity index (χ4n) is 3.20. The van der Waals surface area contributed by atoms with Gasteiger partial charge in [0.1, 0.15) is 5.82 Å². The number of hydrogen-bond acceptors (Lipinski definition) is 5. The molecule has 0 saturated carbocycles. The van der Waals surface area contributed by atoms with E-state index < -0.39 is 5.91 Å². The van der Waals surface area contributed by atoms with Gasteiger partial charge >= 0.3 is 0 Å². The van der Waals surface area contributed by atoms with Crippen molar-refractivity contribution in [3.8, 4) is 11.1 Å². The summed E-state index contributed by atoms with van der Waals surface area (Å²) in [5.41, 5.74) is 8.42. The Bertz CT molecular complexity index is 926. The highest BCUT2D eigenvalue weighted by Gasteiger charge is 2.19. The number of carbonyl (C=O) groups is 1. The van der Waals surface area contributed by atoms with Crippen LogP contribution in [0.15, 0.2) is 42.7 Å². The molecule has 1 saturated heterocycles. The van der Waals surface area contributed by atoms with Gasteiger partial charge in [-0.05, 0) is 30.8 Å². The average Bonchev–Trinajstić information content (AvgIpc) is 3.07. The van der Waals surface area contributed by atoms with Crippen LogP contribution in [0.1, 0.15) is 10.4 Å². The average molecular weight is 336 g/mol. The molecule has 0 bridgehead atoms. The van der Waals surface area contributed by atoms with E-state index in [1.165, 1.54) is 0 Å². The number of fused-ring (bicyclic) bond motifs is 1. The second-order valence-corrected chi connectivity index (χ2v) is 6.33. The minimum absolute atomic E-state index is 0.440. The van der Waals surface area contributed by atoms with Gasteiger partial charge in [-0.1, -0.05) is 12.1 Å². The zero-order chi connectivity index (χ0) is 17.4. The van der Waals surface area contributed by atoms with Gasteiger partial charge in [-0.3, -0.25) is 4.79 Å². The predicted octanol–water partition coefficient (Wildman–Crippen LogP) is 1.25. The van der Waals surface area contributed by atoms with E-state index in [9.17, 15) is 4.79 Å². The van der Waals surface area contributed by atoms with Crippen molar-refractivity contribution in [3.05, 3.63) is 48.3 Å². The Labute approximate surface area is 145 Å². The van der Waals surface area contributed by atoms with Crippen LogP contribution >= 0.6 is 0 Å². The first kappa shape index (κ1) is 15.6. The maximum atomic E-state index is 11.4. The number of anilines is 1. The first-order valence-electron chi connectivity index (χ1n) is 8.30. The summed E-state index contributed by atoms with van der Waals surface area (Å²) in [6, 6.07) is 9.25. The van der Waals surface area contributed by atoms with Gasteiger partial charge in [-0.25, -0.2) is 4.98 Å². The second-order valence-electron chi connectivity index (χ2n) is 6.33. The van der Waals surface area contributed by atoms with E-state index in [0.29, 0.717) is 5.56 Å². The molecule has 3 heterocycles. The highest BCUT2D eigenvalue weighted by Crippen LogP contribution is 2.27. The Morgan fingerprint density at radius 3 is 2.72 bits per heavy atom. The number of aromatic nitrogens is 3. The number of hydrogen-bond donors (Lipinski definition) is 1. The third-order valence-electron chi connectivity index (χ3n) is 4.67. The van der Waals surface area contributed by atoms with Crippen LogP contribution in [0.4, 0.5) is 5.82 Å². The third-order valence-corrected chi connectivity index (χ3v) is 4.67. The van der Waals surface area contributed by atoms with Crippen molar-refractivity contribution < 1.29 is 4.79 Å². The summed E-state index contributed by atoms with van der Waals surface area (Å²) in [6.07, 6.45) is 3.61. The molecule has 0 atom stereocenters. The minimum atomic E-state index is -0.440. The van der Waals surface area contributed by atoms with Crippen molar-refractivity contribution in [2.24, 2.45) is 5.73 Å². The zero-order valence-electron chi connectivity index (χ0n) is 14.1. The Balaban J connectivity index is 1.77. The normalized spacial score (nSPS) is 15.6. The second kappa shape index (κ2) is 6.18. The summed E-state index contributed by atoms with van der Waals surface area (Å²) in [5.74, 6) is 0.597. The number of amides is 1. The molecular weight excluding hydrogens is 316 g/mol. The molecule has 2 aromatic heterocycles. The van der Waals surface area contributed by atoms with E-state index in [1.807, 2.05) is 28.9 Å². The number of carbonyl (C=O) groups excluding carboxylic acids is 1. The number of benzene rings is 1. The van der Waals surface area contributed by atoms with Crippen LogP contribution in [-0.4, -0.2) is 58.6 Å². The molecule has 25 heavy (non-hydrogen) atoms. The largest absolute Gasteiger partial charge is 0.366 e. The molecule has 3 aromatic rings. The monoisotopic (exact) mass is 336 g/mol. The molecule has 7 nitrogen and oxygen atoms in total. The maximum absolute atomic E-state index is 11.4.